The SMILES string of the molecule is CC/C=C/C/C=C/C/C=C/C/C=C/C/C=C/C/C=C/CCC(=O)OCC(COCCC(C(=O)O)[N+](C)(C)C)OC(=O)CCCCCCCCC/C=C/CCCCCCCCCCCC. The van der Waals surface area contributed by atoms with Gasteiger partial charge in [0.05, 0.1) is 34.4 Å². The maximum Gasteiger partial charge on any atom is 0.362 e. The van der Waals surface area contributed by atoms with Gasteiger partial charge < -0.3 is 23.8 Å². The zero-order valence-corrected chi connectivity index (χ0v) is 41.7. The van der Waals surface area contributed by atoms with Crippen molar-refractivity contribution in [2.45, 2.75) is 212 Å². The van der Waals surface area contributed by atoms with E-state index in [0.717, 1.165) is 57.8 Å². The lowest BCUT2D eigenvalue weighted by molar-refractivity contribution is -0.887. The van der Waals surface area contributed by atoms with E-state index in [1.165, 1.54) is 103 Å². The highest BCUT2D eigenvalue weighted by molar-refractivity contribution is 5.72. The summed E-state index contributed by atoms with van der Waals surface area (Å²) >= 11 is 0. The molecule has 0 aromatic rings. The maximum atomic E-state index is 12.8. The van der Waals surface area contributed by atoms with Crippen molar-refractivity contribution in [2.24, 2.45) is 0 Å². The Bertz CT molecular complexity index is 1320. The molecule has 366 valence electrons. The third kappa shape index (κ3) is 43.7. The molecule has 0 fully saturated rings. The van der Waals surface area contributed by atoms with Gasteiger partial charge in [0, 0.05) is 19.3 Å². The van der Waals surface area contributed by atoms with E-state index in [1.54, 1.807) is 0 Å². The lowest BCUT2D eigenvalue weighted by Gasteiger charge is -2.31. The van der Waals surface area contributed by atoms with Gasteiger partial charge in [0.1, 0.15) is 6.61 Å². The third-order valence-electron chi connectivity index (χ3n) is 11.0. The molecule has 2 unspecified atom stereocenters. The molecule has 64 heavy (non-hydrogen) atoms. The number of carbonyl (C=O) groups excluding carboxylic acids is 2. The van der Waals surface area contributed by atoms with E-state index in [-0.39, 0.29) is 42.7 Å². The molecule has 0 aromatic carbocycles. The van der Waals surface area contributed by atoms with Gasteiger partial charge >= 0.3 is 17.9 Å². The summed E-state index contributed by atoms with van der Waals surface area (Å²) in [5.41, 5.74) is 0. The normalized spacial score (nSPS) is 13.6. The molecule has 1 N–H and O–H groups in total. The third-order valence-corrected chi connectivity index (χ3v) is 11.0. The van der Waals surface area contributed by atoms with Gasteiger partial charge in [-0.05, 0) is 77.0 Å². The van der Waals surface area contributed by atoms with Crippen molar-refractivity contribution in [3.05, 3.63) is 85.1 Å². The van der Waals surface area contributed by atoms with Crippen LogP contribution in [0, 0.1) is 0 Å². The minimum Gasteiger partial charge on any atom is -0.477 e. The molecule has 0 heterocycles. The van der Waals surface area contributed by atoms with E-state index < -0.39 is 18.1 Å². The minimum atomic E-state index is -0.887. The predicted octanol–water partition coefficient (Wildman–Crippen LogP) is 14.9. The highest BCUT2D eigenvalue weighted by Crippen LogP contribution is 2.14. The number of nitrogens with zero attached hydrogens (tertiary/aromatic N) is 1. The van der Waals surface area contributed by atoms with Crippen LogP contribution in [0.3, 0.4) is 0 Å². The zero-order valence-electron chi connectivity index (χ0n) is 41.7. The van der Waals surface area contributed by atoms with Gasteiger partial charge in [-0.1, -0.05) is 189 Å². The number of aliphatic carboxylic acids is 1. The fourth-order valence-electron chi connectivity index (χ4n) is 7.11. The highest BCUT2D eigenvalue weighted by atomic mass is 16.6. The lowest BCUT2D eigenvalue weighted by atomic mass is 10.1. The second-order valence-corrected chi connectivity index (χ2v) is 18.0. The zero-order chi connectivity index (χ0) is 47.0. The summed E-state index contributed by atoms with van der Waals surface area (Å²) in [5, 5.41) is 9.65. The number of ether oxygens (including phenoxy) is 3. The Morgan fingerprint density at radius 3 is 1.36 bits per heavy atom. The summed E-state index contributed by atoms with van der Waals surface area (Å²) < 4.78 is 17.3. The first-order valence-corrected chi connectivity index (χ1v) is 25.6. The average Bonchev–Trinajstić information content (AvgIpc) is 3.26. The first-order chi connectivity index (χ1) is 31.1. The first kappa shape index (κ1) is 60.5. The molecular formula is C56H96NO7+. The summed E-state index contributed by atoms with van der Waals surface area (Å²) in [6, 6.07) is -0.631. The molecule has 8 nitrogen and oxygen atoms in total. The van der Waals surface area contributed by atoms with Crippen LogP contribution in [0.4, 0.5) is 0 Å². The molecular weight excluding hydrogens is 799 g/mol. The quantitative estimate of drug-likeness (QED) is 0.0281. The number of carboxylic acid groups (broad SMARTS) is 1. The lowest BCUT2D eigenvalue weighted by Crippen LogP contribution is -2.50. The van der Waals surface area contributed by atoms with E-state index in [2.05, 4.69) is 86.8 Å². The van der Waals surface area contributed by atoms with Gasteiger partial charge in [-0.2, -0.15) is 0 Å². The molecule has 0 saturated heterocycles. The number of carbonyl (C=O) groups is 3. The van der Waals surface area contributed by atoms with Crippen molar-refractivity contribution in [1.82, 2.24) is 0 Å². The molecule has 0 saturated carbocycles. The number of carboxylic acids is 1. The van der Waals surface area contributed by atoms with Crippen molar-refractivity contribution < 1.29 is 38.2 Å². The number of hydrogen-bond acceptors (Lipinski definition) is 6. The van der Waals surface area contributed by atoms with Gasteiger partial charge in [0.15, 0.2) is 12.1 Å². The van der Waals surface area contributed by atoms with E-state index in [9.17, 15) is 19.5 Å². The van der Waals surface area contributed by atoms with Crippen LogP contribution in [0.15, 0.2) is 85.1 Å². The maximum absolute atomic E-state index is 12.8. The van der Waals surface area contributed by atoms with Crippen LogP contribution in [-0.2, 0) is 28.6 Å². The Morgan fingerprint density at radius 2 is 0.906 bits per heavy atom. The summed E-state index contributed by atoms with van der Waals surface area (Å²) in [5.74, 6) is -1.58. The van der Waals surface area contributed by atoms with Crippen LogP contribution in [-0.4, -0.2) is 80.6 Å². The van der Waals surface area contributed by atoms with Crippen LogP contribution in [0.25, 0.3) is 0 Å². The molecule has 0 rings (SSSR count). The summed E-state index contributed by atoms with van der Waals surface area (Å²) in [6.07, 6.45) is 60.8. The monoisotopic (exact) mass is 895 g/mol. The minimum absolute atomic E-state index is 0.0319. The highest BCUT2D eigenvalue weighted by Gasteiger charge is 2.31. The van der Waals surface area contributed by atoms with E-state index in [0.29, 0.717) is 19.3 Å². The summed E-state index contributed by atoms with van der Waals surface area (Å²) in [4.78, 5) is 37.1. The topological polar surface area (TPSA) is 99.1 Å². The van der Waals surface area contributed by atoms with Crippen molar-refractivity contribution in [2.75, 3.05) is 41.0 Å². The van der Waals surface area contributed by atoms with Gasteiger partial charge in [0.2, 0.25) is 0 Å². The Balaban J connectivity index is 4.37. The van der Waals surface area contributed by atoms with Gasteiger partial charge in [-0.15, -0.1) is 0 Å². The Kier molecular flexibility index (Phi) is 43.5. The molecule has 0 aliphatic rings. The van der Waals surface area contributed by atoms with Crippen molar-refractivity contribution in [1.29, 1.82) is 0 Å². The fourth-order valence-corrected chi connectivity index (χ4v) is 7.11. The molecule has 0 radical (unpaired) electrons. The van der Waals surface area contributed by atoms with Gasteiger partial charge in [-0.3, -0.25) is 9.59 Å². The second-order valence-electron chi connectivity index (χ2n) is 18.0. The average molecular weight is 895 g/mol. The van der Waals surface area contributed by atoms with Gasteiger partial charge in [0.25, 0.3) is 0 Å². The largest absolute Gasteiger partial charge is 0.477 e. The molecule has 0 bridgehead atoms. The van der Waals surface area contributed by atoms with Crippen molar-refractivity contribution in [3.8, 4) is 0 Å². The van der Waals surface area contributed by atoms with E-state index in [4.69, 9.17) is 14.2 Å². The number of hydrogen-bond donors (Lipinski definition) is 1. The van der Waals surface area contributed by atoms with E-state index in [1.807, 2.05) is 33.3 Å². The predicted molar refractivity (Wildman–Crippen MR) is 270 cm³/mol. The van der Waals surface area contributed by atoms with Crippen LogP contribution >= 0.6 is 0 Å². The standard InChI is InChI=1S/C56H95NO7/c1-6-8-10-12-14-16-18-20-22-24-26-27-29-31-33-35-37-39-41-43-45-47-55(59)64-52(50-62-49-48-53(56(60)61)57(3,4)5)51-63-54(58)46-44-42-40-38-36-34-32-30-28-25-23-21-19-17-15-13-11-9-7-2/h9,11,15,17,21,23,27-30,34,36,40,42,52-53H,6-8,10,12-14,16,18-20,22,24-26,31-33,35,37-39,41,43-51H2,1-5H3/p+1/b11-9+,17-15+,23-21+,29-27+,30-28+,36-34+,42-40+. The summed E-state index contributed by atoms with van der Waals surface area (Å²) in [6.45, 7) is 4.54. The van der Waals surface area contributed by atoms with Crippen LogP contribution in [0.1, 0.15) is 200 Å². The molecule has 0 aliphatic carbocycles. The van der Waals surface area contributed by atoms with Crippen molar-refractivity contribution in [3.63, 3.8) is 0 Å². The number of unbranched alkanes of at least 4 members (excludes halogenated alkanes) is 17. The number of likely N-dealkylation sites (N-methyl/N-ethyl adjacent to an activating group) is 1. The number of rotatable bonds is 45. The number of quaternary nitrogens is 1. The smallest absolute Gasteiger partial charge is 0.362 e. The summed E-state index contributed by atoms with van der Waals surface area (Å²) in [7, 11) is 5.51. The van der Waals surface area contributed by atoms with Crippen molar-refractivity contribution >= 4 is 17.9 Å². The number of allylic oxidation sites excluding steroid dienone is 14. The molecule has 0 spiro atoms. The Morgan fingerprint density at radius 1 is 0.484 bits per heavy atom. The molecule has 2 atom stereocenters. The van der Waals surface area contributed by atoms with Gasteiger partial charge in [-0.25, -0.2) is 4.79 Å². The molecule has 0 amide bonds. The first-order valence-electron chi connectivity index (χ1n) is 25.6. The van der Waals surface area contributed by atoms with Crippen LogP contribution < -0.4 is 0 Å². The molecule has 0 aromatic heterocycles. The molecule has 8 heteroatoms. The van der Waals surface area contributed by atoms with E-state index >= 15 is 0 Å². The molecule has 0 aliphatic heterocycles. The fraction of sp³-hybridized carbons (Fsp3) is 0.696. The Hall–Kier alpha value is -3.49. The second kappa shape index (κ2) is 46.1. The van der Waals surface area contributed by atoms with Crippen LogP contribution in [0.2, 0.25) is 0 Å². The van der Waals surface area contributed by atoms with Crippen LogP contribution in [0.5, 0.6) is 0 Å². The Labute approximate surface area is 393 Å². The number of esters is 2.